The van der Waals surface area contributed by atoms with E-state index in [0.717, 1.165) is 6.42 Å². The van der Waals surface area contributed by atoms with Crippen molar-refractivity contribution in [2.75, 3.05) is 0 Å². The third kappa shape index (κ3) is 2.07. The van der Waals surface area contributed by atoms with Crippen molar-refractivity contribution in [1.29, 1.82) is 0 Å². The lowest BCUT2D eigenvalue weighted by atomic mass is 10.0. The van der Waals surface area contributed by atoms with E-state index in [9.17, 15) is 4.79 Å². The molecule has 2 atom stereocenters. The van der Waals surface area contributed by atoms with Crippen LogP contribution in [-0.2, 0) is 4.79 Å². The fraction of sp³-hybridized carbons (Fsp3) is 0.833. The maximum Gasteiger partial charge on any atom is 0.148 e. The van der Waals surface area contributed by atoms with Gasteiger partial charge in [0.15, 0.2) is 0 Å². The first-order valence-electron chi connectivity index (χ1n) is 2.85. The minimum Gasteiger partial charge on any atom is -0.385 e. The highest BCUT2D eigenvalue weighted by atomic mass is 16.3. The van der Waals surface area contributed by atoms with Gasteiger partial charge in [0, 0.05) is 0 Å². The third-order valence-electron chi connectivity index (χ3n) is 1.37. The van der Waals surface area contributed by atoms with Gasteiger partial charge in [-0.2, -0.15) is 0 Å². The summed E-state index contributed by atoms with van der Waals surface area (Å²) in [6.45, 7) is 3.79. The maximum atomic E-state index is 9.86. The van der Waals surface area contributed by atoms with E-state index in [1.165, 1.54) is 0 Å². The lowest BCUT2D eigenvalue weighted by Crippen LogP contribution is -2.17. The molecule has 2 unspecified atom stereocenters. The molecule has 0 aromatic heterocycles. The molecule has 0 heterocycles. The van der Waals surface area contributed by atoms with Gasteiger partial charge in [0.05, 0.1) is 0 Å². The number of aliphatic hydroxyl groups excluding tert-OH is 1. The number of hydrogen-bond donors (Lipinski definition) is 1. The van der Waals surface area contributed by atoms with Crippen molar-refractivity contribution in [1.82, 2.24) is 0 Å². The molecular formula is C6H12O2. The second-order valence-electron chi connectivity index (χ2n) is 2.01. The van der Waals surface area contributed by atoms with Crippen LogP contribution in [0.2, 0.25) is 0 Å². The van der Waals surface area contributed by atoms with Crippen LogP contribution >= 0.6 is 0 Å². The quantitative estimate of drug-likeness (QED) is 0.548. The predicted octanol–water partition coefficient (Wildman–Crippen LogP) is 0.592. The average Bonchev–Trinajstić information content (AvgIpc) is 1.84. The number of aldehydes is 1. The summed E-state index contributed by atoms with van der Waals surface area (Å²) >= 11 is 0. The van der Waals surface area contributed by atoms with E-state index < -0.39 is 6.10 Å². The highest BCUT2D eigenvalue weighted by molar-refractivity contribution is 5.55. The Balaban J connectivity index is 3.44. The third-order valence-corrected chi connectivity index (χ3v) is 1.37. The first-order valence-corrected chi connectivity index (χ1v) is 2.85. The predicted molar refractivity (Wildman–Crippen MR) is 31.5 cm³/mol. The molecule has 0 aliphatic carbocycles. The van der Waals surface area contributed by atoms with Crippen molar-refractivity contribution in [3.63, 3.8) is 0 Å². The van der Waals surface area contributed by atoms with E-state index in [2.05, 4.69) is 0 Å². The Hall–Kier alpha value is -0.370. The Morgan fingerprint density at radius 3 is 2.38 bits per heavy atom. The van der Waals surface area contributed by atoms with Crippen molar-refractivity contribution >= 4 is 6.29 Å². The molecule has 0 aromatic rings. The van der Waals surface area contributed by atoms with Crippen LogP contribution in [0.4, 0.5) is 0 Å². The van der Waals surface area contributed by atoms with Gasteiger partial charge in [0.25, 0.3) is 0 Å². The SMILES string of the molecule is CCC(C)C(O)C=O. The summed E-state index contributed by atoms with van der Waals surface area (Å²) in [7, 11) is 0. The molecule has 0 amide bonds. The number of hydrogen-bond acceptors (Lipinski definition) is 2. The van der Waals surface area contributed by atoms with E-state index in [4.69, 9.17) is 5.11 Å². The van der Waals surface area contributed by atoms with Crippen molar-refractivity contribution in [3.05, 3.63) is 0 Å². The smallest absolute Gasteiger partial charge is 0.148 e. The summed E-state index contributed by atoms with van der Waals surface area (Å²) < 4.78 is 0. The highest BCUT2D eigenvalue weighted by Crippen LogP contribution is 2.03. The summed E-state index contributed by atoms with van der Waals surface area (Å²) in [5.41, 5.74) is 0. The average molecular weight is 116 g/mol. The fourth-order valence-electron chi connectivity index (χ4n) is 0.376. The van der Waals surface area contributed by atoms with E-state index >= 15 is 0 Å². The van der Waals surface area contributed by atoms with Crippen LogP contribution in [-0.4, -0.2) is 17.5 Å². The van der Waals surface area contributed by atoms with Gasteiger partial charge in [0.2, 0.25) is 0 Å². The van der Waals surface area contributed by atoms with E-state index in [-0.39, 0.29) is 5.92 Å². The number of carbonyl (C=O) groups excluding carboxylic acids is 1. The first kappa shape index (κ1) is 7.63. The summed E-state index contributed by atoms with van der Waals surface area (Å²) in [6, 6.07) is 0. The standard InChI is InChI=1S/C6H12O2/c1-3-5(2)6(8)4-7/h4-6,8H,3H2,1-2H3. The summed E-state index contributed by atoms with van der Waals surface area (Å²) in [5.74, 6) is 0.104. The molecule has 48 valence electrons. The molecule has 2 heteroatoms. The zero-order chi connectivity index (χ0) is 6.57. The Morgan fingerprint density at radius 1 is 1.75 bits per heavy atom. The van der Waals surface area contributed by atoms with Crippen LogP contribution < -0.4 is 0 Å². The largest absolute Gasteiger partial charge is 0.385 e. The second-order valence-corrected chi connectivity index (χ2v) is 2.01. The summed E-state index contributed by atoms with van der Waals surface area (Å²) in [5, 5.41) is 8.76. The van der Waals surface area contributed by atoms with Gasteiger partial charge in [-0.25, -0.2) is 0 Å². The van der Waals surface area contributed by atoms with Crippen LogP contribution in [0.15, 0.2) is 0 Å². The number of rotatable bonds is 3. The van der Waals surface area contributed by atoms with Crippen LogP contribution in [0.5, 0.6) is 0 Å². The number of carbonyl (C=O) groups is 1. The van der Waals surface area contributed by atoms with Crippen LogP contribution in [0, 0.1) is 5.92 Å². The minimum absolute atomic E-state index is 0.104. The normalized spacial score (nSPS) is 17.4. The number of aliphatic hydroxyl groups is 1. The van der Waals surface area contributed by atoms with Gasteiger partial charge in [0.1, 0.15) is 12.4 Å². The zero-order valence-electron chi connectivity index (χ0n) is 5.29. The molecule has 0 radical (unpaired) electrons. The Morgan fingerprint density at radius 2 is 2.25 bits per heavy atom. The Labute approximate surface area is 49.5 Å². The van der Waals surface area contributed by atoms with Gasteiger partial charge in [-0.05, 0) is 5.92 Å². The lowest BCUT2D eigenvalue weighted by molar-refractivity contribution is -0.116. The van der Waals surface area contributed by atoms with Crippen LogP contribution in [0.1, 0.15) is 20.3 Å². The van der Waals surface area contributed by atoms with Crippen molar-refractivity contribution in [3.8, 4) is 0 Å². The second kappa shape index (κ2) is 3.61. The maximum absolute atomic E-state index is 9.86. The molecule has 2 nitrogen and oxygen atoms in total. The topological polar surface area (TPSA) is 37.3 Å². The Bertz CT molecular complexity index is 70.9. The molecule has 0 spiro atoms. The van der Waals surface area contributed by atoms with E-state index in [1.54, 1.807) is 0 Å². The Kier molecular flexibility index (Phi) is 3.44. The molecule has 0 aromatic carbocycles. The lowest BCUT2D eigenvalue weighted by Gasteiger charge is -2.08. The molecule has 0 bridgehead atoms. The van der Waals surface area contributed by atoms with Gasteiger partial charge in [-0.1, -0.05) is 20.3 Å². The molecule has 0 saturated carbocycles. The van der Waals surface area contributed by atoms with E-state index in [1.807, 2.05) is 13.8 Å². The fourth-order valence-corrected chi connectivity index (χ4v) is 0.376. The van der Waals surface area contributed by atoms with Gasteiger partial charge < -0.3 is 9.90 Å². The molecule has 0 saturated heterocycles. The van der Waals surface area contributed by atoms with Gasteiger partial charge in [-0.15, -0.1) is 0 Å². The molecular weight excluding hydrogens is 104 g/mol. The van der Waals surface area contributed by atoms with E-state index in [0.29, 0.717) is 6.29 Å². The molecule has 0 aliphatic heterocycles. The van der Waals surface area contributed by atoms with Crippen molar-refractivity contribution in [2.45, 2.75) is 26.4 Å². The molecule has 1 N–H and O–H groups in total. The zero-order valence-corrected chi connectivity index (χ0v) is 5.29. The highest BCUT2D eigenvalue weighted by Gasteiger charge is 2.08. The van der Waals surface area contributed by atoms with Crippen LogP contribution in [0.25, 0.3) is 0 Å². The molecule has 0 aliphatic rings. The first-order chi connectivity index (χ1) is 3.72. The summed E-state index contributed by atoms with van der Waals surface area (Å²) in [6.07, 6.45) is 0.661. The minimum atomic E-state index is -0.764. The molecule has 0 fully saturated rings. The van der Waals surface area contributed by atoms with Crippen molar-refractivity contribution in [2.24, 2.45) is 5.92 Å². The van der Waals surface area contributed by atoms with Crippen LogP contribution in [0.3, 0.4) is 0 Å². The van der Waals surface area contributed by atoms with Crippen molar-refractivity contribution < 1.29 is 9.90 Å². The molecule has 0 rings (SSSR count). The van der Waals surface area contributed by atoms with Gasteiger partial charge >= 0.3 is 0 Å². The monoisotopic (exact) mass is 116 g/mol. The molecule has 8 heavy (non-hydrogen) atoms. The summed E-state index contributed by atoms with van der Waals surface area (Å²) in [4.78, 5) is 9.86. The van der Waals surface area contributed by atoms with Gasteiger partial charge in [-0.3, -0.25) is 0 Å².